The lowest BCUT2D eigenvalue weighted by molar-refractivity contribution is -0.143. The first kappa shape index (κ1) is 43.5. The van der Waals surface area contributed by atoms with Crippen molar-refractivity contribution < 1.29 is 43.0 Å². The van der Waals surface area contributed by atoms with Crippen LogP contribution >= 0.6 is 0 Å². The van der Waals surface area contributed by atoms with E-state index in [1.165, 1.54) is 27.7 Å². The van der Waals surface area contributed by atoms with Crippen LogP contribution in [0.25, 0.3) is 0 Å². The molecule has 0 aromatic carbocycles. The van der Waals surface area contributed by atoms with Crippen LogP contribution in [0.4, 0.5) is 0 Å². The minimum atomic E-state index is -0.461. The molecule has 40 heavy (non-hydrogen) atoms. The number of ketones is 1. The number of rotatable bonds is 13. The molecule has 0 aliphatic rings. The Morgan fingerprint density at radius 1 is 0.525 bits per heavy atom. The van der Waals surface area contributed by atoms with Crippen LogP contribution in [0.15, 0.2) is 36.5 Å². The van der Waals surface area contributed by atoms with Gasteiger partial charge in [-0.3, -0.25) is 14.5 Å². The fourth-order valence-corrected chi connectivity index (χ4v) is 1.91. The Bertz CT molecular complexity index is 794. The van der Waals surface area contributed by atoms with Gasteiger partial charge in [0.05, 0.1) is 19.8 Å². The average molecular weight is 570 g/mol. The molecule has 0 rings (SSSR count). The van der Waals surface area contributed by atoms with Crippen molar-refractivity contribution >= 4 is 35.5 Å². The number of hydrogen-bond acceptors (Lipinski definition) is 9. The van der Waals surface area contributed by atoms with E-state index in [1.807, 2.05) is 0 Å². The number of imide groups is 1. The summed E-state index contributed by atoms with van der Waals surface area (Å²) in [6.07, 6.45) is 4.38. The van der Waals surface area contributed by atoms with Gasteiger partial charge in [-0.2, -0.15) is 0 Å². The maximum absolute atomic E-state index is 11.0. The number of esters is 3. The predicted molar refractivity (Wildman–Crippen MR) is 156 cm³/mol. The van der Waals surface area contributed by atoms with Gasteiger partial charge in [-0.25, -0.2) is 14.4 Å². The second kappa shape index (κ2) is 28.4. The van der Waals surface area contributed by atoms with Gasteiger partial charge >= 0.3 is 17.9 Å². The molecule has 0 saturated carbocycles. The topological polar surface area (TPSA) is 133 Å². The van der Waals surface area contributed by atoms with Crippen LogP contribution in [0, 0.1) is 0 Å². The van der Waals surface area contributed by atoms with Gasteiger partial charge in [-0.05, 0) is 53.9 Å². The van der Waals surface area contributed by atoms with Crippen molar-refractivity contribution in [1.82, 2.24) is 4.90 Å². The summed E-state index contributed by atoms with van der Waals surface area (Å²) in [5, 5.41) is 0. The first-order valence-corrected chi connectivity index (χ1v) is 13.2. The maximum atomic E-state index is 11.0. The minimum absolute atomic E-state index is 0.167. The lowest BCUT2D eigenvalue weighted by Crippen LogP contribution is -2.34. The molecular formula is C30H51NO9. The number of unbranched alkanes of at least 4 members (excludes halogenated alkanes) is 2. The highest BCUT2D eigenvalue weighted by molar-refractivity contribution is 5.92. The summed E-state index contributed by atoms with van der Waals surface area (Å²) in [6, 6.07) is 0. The van der Waals surface area contributed by atoms with E-state index in [9.17, 15) is 28.8 Å². The molecule has 0 aliphatic carbocycles. The number of hydrogen-bond donors (Lipinski definition) is 0. The van der Waals surface area contributed by atoms with E-state index in [0.717, 1.165) is 30.6 Å². The van der Waals surface area contributed by atoms with Crippen molar-refractivity contribution in [2.24, 2.45) is 0 Å². The number of nitrogens with zero attached hydrogens (tertiary/aromatic N) is 1. The van der Waals surface area contributed by atoms with Crippen molar-refractivity contribution in [2.75, 3.05) is 26.4 Å². The molecule has 0 aliphatic heterocycles. The Morgan fingerprint density at radius 3 is 0.975 bits per heavy atom. The van der Waals surface area contributed by atoms with Crippen LogP contribution in [0.5, 0.6) is 0 Å². The van der Waals surface area contributed by atoms with Crippen LogP contribution in [0.1, 0.15) is 94.4 Å². The third-order valence-electron chi connectivity index (χ3n) is 4.03. The van der Waals surface area contributed by atoms with E-state index < -0.39 is 5.97 Å². The fourth-order valence-electron chi connectivity index (χ4n) is 1.91. The van der Waals surface area contributed by atoms with Gasteiger partial charge in [0.25, 0.3) is 0 Å². The molecule has 0 fully saturated rings. The molecule has 2 amide bonds. The first-order chi connectivity index (χ1) is 18.5. The zero-order valence-corrected chi connectivity index (χ0v) is 26.1. The van der Waals surface area contributed by atoms with Crippen LogP contribution < -0.4 is 0 Å². The Balaban J connectivity index is -0.000000235. The second-order valence-electron chi connectivity index (χ2n) is 8.91. The van der Waals surface area contributed by atoms with Gasteiger partial charge in [0, 0.05) is 37.1 Å². The third-order valence-corrected chi connectivity index (χ3v) is 4.03. The van der Waals surface area contributed by atoms with Gasteiger partial charge in [-0.15, -0.1) is 0 Å². The van der Waals surface area contributed by atoms with Crippen LogP contribution in [-0.2, 0) is 43.0 Å². The molecule has 10 nitrogen and oxygen atoms in total. The lowest BCUT2D eigenvalue weighted by Gasteiger charge is -2.16. The van der Waals surface area contributed by atoms with Crippen molar-refractivity contribution in [1.29, 1.82) is 0 Å². The Kier molecular flexibility index (Phi) is 30.9. The summed E-state index contributed by atoms with van der Waals surface area (Å²) in [6.45, 7) is 26.5. The van der Waals surface area contributed by atoms with Crippen LogP contribution in [-0.4, -0.2) is 66.8 Å². The van der Waals surface area contributed by atoms with Crippen molar-refractivity contribution in [3.63, 3.8) is 0 Å². The monoisotopic (exact) mass is 569 g/mol. The number of ether oxygens (including phenoxy) is 3. The highest BCUT2D eigenvalue weighted by atomic mass is 16.5. The first-order valence-electron chi connectivity index (χ1n) is 13.2. The van der Waals surface area contributed by atoms with Crippen molar-refractivity contribution in [3.05, 3.63) is 36.5 Å². The van der Waals surface area contributed by atoms with E-state index >= 15 is 0 Å². The van der Waals surface area contributed by atoms with E-state index in [1.54, 1.807) is 20.8 Å². The summed E-state index contributed by atoms with van der Waals surface area (Å²) in [7, 11) is 0. The molecule has 0 bridgehead atoms. The summed E-state index contributed by atoms with van der Waals surface area (Å²) < 4.78 is 14.4. The second-order valence-corrected chi connectivity index (χ2v) is 8.91. The number of carbonyl (C=O) groups is 6. The summed E-state index contributed by atoms with van der Waals surface area (Å²) >= 11 is 0. The SMILES string of the molecule is C=C(C)C(=O)OCCCC.C=C(C)C(=O)OCCCC.C=C(C)C(=O)OCCCN(C(C)=O)C(C)=O.CC(C)=O. The number of carbonyl (C=O) groups excluding carboxylic acids is 6. The molecule has 0 aromatic rings. The quantitative estimate of drug-likeness (QED) is 0.125. The molecule has 0 heterocycles. The molecule has 0 aromatic heterocycles. The van der Waals surface area contributed by atoms with Crippen molar-refractivity contribution in [3.8, 4) is 0 Å². The largest absolute Gasteiger partial charge is 0.462 e. The van der Waals surface area contributed by atoms with Crippen LogP contribution in [0.3, 0.4) is 0 Å². The summed E-state index contributed by atoms with van der Waals surface area (Å²) in [4.78, 5) is 64.9. The van der Waals surface area contributed by atoms with Gasteiger partial charge in [0.15, 0.2) is 0 Å². The Hall–Kier alpha value is -3.56. The highest BCUT2D eigenvalue weighted by Gasteiger charge is 2.13. The molecule has 10 heteroatoms. The van der Waals surface area contributed by atoms with Gasteiger partial charge < -0.3 is 19.0 Å². The standard InChI is InChI=1S/C11H17NO4.2C8H14O2.C3H6O/c1-8(2)11(15)16-7-5-6-12(9(3)13)10(4)14;2*1-4-5-6-10-8(9)7(2)3;1-3(2)4/h1,5-7H2,2-4H3;2*2,4-6H2,1,3H3;1-2H3. The maximum Gasteiger partial charge on any atom is 0.333 e. The summed E-state index contributed by atoms with van der Waals surface area (Å²) in [5.41, 5.74) is 1.27. The molecule has 0 unspecified atom stereocenters. The van der Waals surface area contributed by atoms with Gasteiger partial charge in [0.2, 0.25) is 11.8 Å². The minimum Gasteiger partial charge on any atom is -0.462 e. The number of Topliss-reactive ketones (excluding diaryl/α,β-unsaturated/α-hetero) is 1. The van der Waals surface area contributed by atoms with Gasteiger partial charge in [-0.1, -0.05) is 46.4 Å². The van der Waals surface area contributed by atoms with E-state index in [2.05, 4.69) is 33.6 Å². The van der Waals surface area contributed by atoms with Crippen molar-refractivity contribution in [2.45, 2.75) is 94.4 Å². The fraction of sp³-hybridized carbons (Fsp3) is 0.600. The van der Waals surface area contributed by atoms with E-state index in [4.69, 9.17) is 14.2 Å². The normalized spacial score (nSPS) is 8.93. The molecular weight excluding hydrogens is 518 g/mol. The molecule has 0 radical (unpaired) electrons. The highest BCUT2D eigenvalue weighted by Crippen LogP contribution is 1.98. The Labute approximate surface area is 240 Å². The van der Waals surface area contributed by atoms with E-state index in [-0.39, 0.29) is 42.7 Å². The molecule has 0 spiro atoms. The smallest absolute Gasteiger partial charge is 0.333 e. The molecule has 0 atom stereocenters. The van der Waals surface area contributed by atoms with Gasteiger partial charge in [0.1, 0.15) is 5.78 Å². The number of amides is 2. The zero-order chi connectivity index (χ0) is 32.3. The third kappa shape index (κ3) is 34.4. The van der Waals surface area contributed by atoms with Crippen LogP contribution in [0.2, 0.25) is 0 Å². The Morgan fingerprint density at radius 2 is 0.775 bits per heavy atom. The molecule has 0 saturated heterocycles. The average Bonchev–Trinajstić information content (AvgIpc) is 2.83. The van der Waals surface area contributed by atoms with E-state index in [0.29, 0.717) is 36.4 Å². The predicted octanol–water partition coefficient (Wildman–Crippen LogP) is 5.30. The lowest BCUT2D eigenvalue weighted by atomic mass is 10.3. The zero-order valence-electron chi connectivity index (χ0n) is 26.1. The molecule has 230 valence electrons. The molecule has 0 N–H and O–H groups in total. The summed E-state index contributed by atoms with van der Waals surface area (Å²) in [5.74, 6) is -1.48.